The Morgan fingerprint density at radius 1 is 1.88 bits per heavy atom. The first-order chi connectivity index (χ1) is 3.93. The molecule has 2 heteroatoms. The molecule has 0 radical (unpaired) electrons. The highest BCUT2D eigenvalue weighted by Gasteiger charge is 1.86. The molecule has 1 aromatic heterocycles. The summed E-state index contributed by atoms with van der Waals surface area (Å²) in [5.74, 6) is 0. The van der Waals surface area contributed by atoms with Crippen LogP contribution in [-0.2, 0) is 6.42 Å². The minimum Gasteiger partial charge on any atom is -0.201 e. The van der Waals surface area contributed by atoms with Crippen molar-refractivity contribution in [3.05, 3.63) is 29.8 Å². The second kappa shape index (κ2) is 2.62. The largest absolute Gasteiger partial charge is 0.201 e. The Kier molecular flexibility index (Phi) is 1.80. The van der Waals surface area contributed by atoms with Gasteiger partial charge in [0.1, 0.15) is 0 Å². The molecule has 0 saturated carbocycles. The van der Waals surface area contributed by atoms with Crippen molar-refractivity contribution in [3.8, 4) is 0 Å². The maximum absolute atomic E-state index is 3.93. The normalized spacial score (nSPS) is 9.00. The topological polar surface area (TPSA) is 12.9 Å². The number of allylic oxidation sites excluding steroid dienone is 1. The van der Waals surface area contributed by atoms with E-state index in [2.05, 4.69) is 11.0 Å². The van der Waals surface area contributed by atoms with E-state index in [9.17, 15) is 0 Å². The lowest BCUT2D eigenvalue weighted by atomic mass is 10.4. The lowest BCUT2D eigenvalue weighted by Crippen LogP contribution is -1.66. The summed E-state index contributed by atoms with van der Waals surface area (Å²) in [6.07, 6.45) is 4.64. The Bertz CT molecular complexity index is 155. The predicted octanol–water partition coefficient (Wildman–Crippen LogP) is 1.87. The molecule has 0 aliphatic rings. The van der Waals surface area contributed by atoms with Crippen LogP contribution in [0.1, 0.15) is 4.88 Å². The zero-order valence-corrected chi connectivity index (χ0v) is 5.32. The average Bonchev–Trinajstić information content (AvgIpc) is 2.19. The van der Waals surface area contributed by atoms with Crippen molar-refractivity contribution in [1.29, 1.82) is 0 Å². The van der Waals surface area contributed by atoms with E-state index in [1.807, 2.05) is 18.3 Å². The molecule has 0 atom stereocenters. The first-order valence-electron chi connectivity index (χ1n) is 2.44. The summed E-state index contributed by atoms with van der Waals surface area (Å²) in [6, 6.07) is 2.01. The molecule has 0 saturated heterocycles. The van der Waals surface area contributed by atoms with Gasteiger partial charge in [0, 0.05) is 17.5 Å². The lowest BCUT2D eigenvalue weighted by Gasteiger charge is -1.79. The van der Waals surface area contributed by atoms with E-state index in [0.717, 1.165) is 6.42 Å². The molecule has 0 aliphatic carbocycles. The number of hydrogen-bond donors (Lipinski definition) is 0. The molecular weight excluding hydrogens is 118 g/mol. The lowest BCUT2D eigenvalue weighted by molar-refractivity contribution is 1.35. The van der Waals surface area contributed by atoms with Gasteiger partial charge in [0.25, 0.3) is 0 Å². The number of aromatic nitrogens is 1. The van der Waals surface area contributed by atoms with Gasteiger partial charge < -0.3 is 0 Å². The first kappa shape index (κ1) is 5.51. The summed E-state index contributed by atoms with van der Waals surface area (Å²) in [5.41, 5.74) is 0. The molecular formula is C6H7NS. The Morgan fingerprint density at radius 2 is 2.75 bits per heavy atom. The zero-order valence-electron chi connectivity index (χ0n) is 4.50. The minimum atomic E-state index is 0.949. The molecule has 0 N–H and O–H groups in total. The van der Waals surface area contributed by atoms with Crippen molar-refractivity contribution in [2.45, 2.75) is 6.42 Å². The van der Waals surface area contributed by atoms with Crippen LogP contribution in [0.15, 0.2) is 24.9 Å². The predicted molar refractivity (Wildman–Crippen MR) is 36.0 cm³/mol. The molecule has 8 heavy (non-hydrogen) atoms. The van der Waals surface area contributed by atoms with Crippen molar-refractivity contribution in [2.75, 3.05) is 0 Å². The van der Waals surface area contributed by atoms with Gasteiger partial charge in [-0.15, -0.1) is 6.58 Å². The van der Waals surface area contributed by atoms with Gasteiger partial charge in [0.15, 0.2) is 0 Å². The average molecular weight is 125 g/mol. The van der Waals surface area contributed by atoms with Crippen LogP contribution in [0.3, 0.4) is 0 Å². The van der Waals surface area contributed by atoms with Crippen LogP contribution in [0.2, 0.25) is 0 Å². The molecule has 0 bridgehead atoms. The van der Waals surface area contributed by atoms with E-state index in [1.54, 1.807) is 0 Å². The van der Waals surface area contributed by atoms with Gasteiger partial charge in [0.2, 0.25) is 0 Å². The molecule has 0 aliphatic heterocycles. The van der Waals surface area contributed by atoms with Gasteiger partial charge in [-0.1, -0.05) is 6.08 Å². The van der Waals surface area contributed by atoms with Crippen LogP contribution in [0, 0.1) is 0 Å². The third-order valence-electron chi connectivity index (χ3n) is 0.837. The van der Waals surface area contributed by atoms with E-state index in [4.69, 9.17) is 0 Å². The van der Waals surface area contributed by atoms with Gasteiger partial charge in [-0.05, 0) is 17.6 Å². The summed E-state index contributed by atoms with van der Waals surface area (Å²) < 4.78 is 3.93. The van der Waals surface area contributed by atoms with Crippen molar-refractivity contribution in [3.63, 3.8) is 0 Å². The Hall–Kier alpha value is -0.630. The molecule has 1 aromatic rings. The fourth-order valence-corrected chi connectivity index (χ4v) is 1.06. The maximum atomic E-state index is 3.93. The molecule has 0 fully saturated rings. The highest BCUT2D eigenvalue weighted by atomic mass is 32.1. The minimum absolute atomic E-state index is 0.949. The maximum Gasteiger partial charge on any atom is 0.0409 e. The summed E-state index contributed by atoms with van der Waals surface area (Å²) in [6.45, 7) is 3.61. The number of rotatable bonds is 2. The van der Waals surface area contributed by atoms with Gasteiger partial charge in [0.05, 0.1) is 0 Å². The fourth-order valence-electron chi connectivity index (χ4n) is 0.490. The molecule has 1 heterocycles. The number of nitrogens with zero attached hydrogens (tertiary/aromatic N) is 1. The smallest absolute Gasteiger partial charge is 0.0409 e. The van der Waals surface area contributed by atoms with Crippen LogP contribution in [-0.4, -0.2) is 4.37 Å². The Labute approximate surface area is 52.8 Å². The second-order valence-electron chi connectivity index (χ2n) is 1.47. The van der Waals surface area contributed by atoms with Crippen LogP contribution >= 0.6 is 11.5 Å². The molecule has 0 aromatic carbocycles. The van der Waals surface area contributed by atoms with Gasteiger partial charge >= 0.3 is 0 Å². The SMILES string of the molecule is C=CCc1ccns1. The van der Waals surface area contributed by atoms with E-state index < -0.39 is 0 Å². The highest BCUT2D eigenvalue weighted by Crippen LogP contribution is 2.04. The van der Waals surface area contributed by atoms with E-state index in [-0.39, 0.29) is 0 Å². The molecule has 0 amide bonds. The third-order valence-corrected chi connectivity index (χ3v) is 1.60. The molecule has 42 valence electrons. The van der Waals surface area contributed by atoms with Gasteiger partial charge in [-0.3, -0.25) is 0 Å². The highest BCUT2D eigenvalue weighted by molar-refractivity contribution is 7.05. The molecule has 0 unspecified atom stereocenters. The summed E-state index contributed by atoms with van der Waals surface area (Å²) in [4.78, 5) is 1.28. The first-order valence-corrected chi connectivity index (χ1v) is 3.21. The third kappa shape index (κ3) is 1.17. The van der Waals surface area contributed by atoms with Gasteiger partial charge in [-0.25, -0.2) is 4.37 Å². The summed E-state index contributed by atoms with van der Waals surface area (Å²) >= 11 is 1.53. The van der Waals surface area contributed by atoms with Crippen molar-refractivity contribution >= 4 is 11.5 Å². The Morgan fingerprint density at radius 3 is 3.25 bits per heavy atom. The van der Waals surface area contributed by atoms with E-state index in [1.165, 1.54) is 16.4 Å². The van der Waals surface area contributed by atoms with E-state index in [0.29, 0.717) is 0 Å². The van der Waals surface area contributed by atoms with Crippen molar-refractivity contribution in [1.82, 2.24) is 4.37 Å². The van der Waals surface area contributed by atoms with Gasteiger partial charge in [-0.2, -0.15) is 0 Å². The monoisotopic (exact) mass is 125 g/mol. The molecule has 1 rings (SSSR count). The summed E-state index contributed by atoms with van der Waals surface area (Å²) in [5, 5.41) is 0. The quantitative estimate of drug-likeness (QED) is 0.550. The van der Waals surface area contributed by atoms with Crippen molar-refractivity contribution in [2.24, 2.45) is 0 Å². The van der Waals surface area contributed by atoms with Crippen LogP contribution in [0.5, 0.6) is 0 Å². The second-order valence-corrected chi connectivity index (χ2v) is 2.39. The molecule has 0 spiro atoms. The Balaban J connectivity index is 2.62. The van der Waals surface area contributed by atoms with Crippen LogP contribution in [0.4, 0.5) is 0 Å². The zero-order chi connectivity index (χ0) is 5.82. The van der Waals surface area contributed by atoms with Crippen LogP contribution in [0.25, 0.3) is 0 Å². The number of hydrogen-bond acceptors (Lipinski definition) is 2. The van der Waals surface area contributed by atoms with Crippen molar-refractivity contribution < 1.29 is 0 Å². The molecule has 1 nitrogen and oxygen atoms in total. The fraction of sp³-hybridized carbons (Fsp3) is 0.167. The van der Waals surface area contributed by atoms with Crippen LogP contribution < -0.4 is 0 Å². The standard InChI is InChI=1S/C6H7NS/c1-2-3-6-4-5-7-8-6/h2,4-5H,1,3H2. The summed E-state index contributed by atoms with van der Waals surface area (Å²) in [7, 11) is 0. The van der Waals surface area contributed by atoms with E-state index >= 15 is 0 Å².